The lowest BCUT2D eigenvalue weighted by molar-refractivity contribution is 0.0674. The molecule has 1 saturated carbocycles. The van der Waals surface area contributed by atoms with Crippen LogP contribution in [-0.2, 0) is 6.54 Å². The Balaban J connectivity index is 1.58. The number of hydrazone groups is 1. The number of aromatic nitrogens is 2. The van der Waals surface area contributed by atoms with Gasteiger partial charge in [-0.05, 0) is 73.2 Å². The fourth-order valence-corrected chi connectivity index (χ4v) is 5.49. The molecule has 2 aliphatic rings. The first-order chi connectivity index (χ1) is 16.4. The average molecular weight is 603 g/mol. The molecular formula is C26H23Br2ClN4O. The minimum Gasteiger partial charge on any atom is -0.271 e. The fraction of sp³-hybridized carbons (Fsp3) is 0.269. The second kappa shape index (κ2) is 9.80. The molecule has 2 aromatic carbocycles. The summed E-state index contributed by atoms with van der Waals surface area (Å²) in [6, 6.07) is 16.2. The maximum absolute atomic E-state index is 13.7. The summed E-state index contributed by atoms with van der Waals surface area (Å²) < 4.78 is 3.72. The lowest BCUT2D eigenvalue weighted by Crippen LogP contribution is -2.32. The molecule has 1 aromatic heterocycles. The van der Waals surface area contributed by atoms with E-state index in [1.165, 1.54) is 5.57 Å². The molecule has 0 bridgehead atoms. The van der Waals surface area contributed by atoms with E-state index in [-0.39, 0.29) is 23.6 Å². The largest absolute Gasteiger partial charge is 0.296 e. The van der Waals surface area contributed by atoms with Gasteiger partial charge in [0.1, 0.15) is 0 Å². The number of nitrogens with zero attached hydrogens (tertiary/aromatic N) is 4. The smallest absolute Gasteiger partial charge is 0.271 e. The first-order valence-corrected chi connectivity index (χ1v) is 13.3. The van der Waals surface area contributed by atoms with Gasteiger partial charge in [-0.15, -0.1) is 0 Å². The van der Waals surface area contributed by atoms with Gasteiger partial charge in [-0.25, -0.2) is 5.01 Å². The standard InChI is InChI=1S/C26H23Br2ClN4O/c1-2-32-15-22(29)24(30-32)26(34)33-25(17-8-12-20(28)13-9-17)21-5-3-4-18(23(21)31-33)14-16-6-10-19(27)11-7-16/h6-15,21,25H,2-5H2,1H3/b18-14-/t21-,25+/m1/s1. The fourth-order valence-electron chi connectivity index (χ4n) is 4.73. The predicted octanol–water partition coefficient (Wildman–Crippen LogP) is 7.52. The molecule has 2 heterocycles. The number of halogens is 3. The number of allylic oxidation sites excluding steroid dienone is 1. The van der Waals surface area contributed by atoms with Crippen molar-refractivity contribution in [1.82, 2.24) is 14.8 Å². The van der Waals surface area contributed by atoms with E-state index < -0.39 is 0 Å². The summed E-state index contributed by atoms with van der Waals surface area (Å²) in [7, 11) is 0. The summed E-state index contributed by atoms with van der Waals surface area (Å²) in [4.78, 5) is 13.7. The molecule has 8 heteroatoms. The van der Waals surface area contributed by atoms with Crippen molar-refractivity contribution in [2.75, 3.05) is 0 Å². The predicted molar refractivity (Wildman–Crippen MR) is 143 cm³/mol. The Kier molecular flexibility index (Phi) is 6.78. The topological polar surface area (TPSA) is 50.5 Å². The van der Waals surface area contributed by atoms with Crippen molar-refractivity contribution < 1.29 is 4.79 Å². The van der Waals surface area contributed by atoms with Crippen LogP contribution in [0.1, 0.15) is 53.8 Å². The third kappa shape index (κ3) is 4.53. The minimum absolute atomic E-state index is 0.118. The molecule has 1 aliphatic heterocycles. The van der Waals surface area contributed by atoms with Crippen LogP contribution in [0.3, 0.4) is 0 Å². The van der Waals surface area contributed by atoms with Gasteiger partial charge in [0.15, 0.2) is 5.69 Å². The number of rotatable bonds is 4. The summed E-state index contributed by atoms with van der Waals surface area (Å²) >= 11 is 13.4. The van der Waals surface area contributed by atoms with Crippen molar-refractivity contribution in [3.8, 4) is 0 Å². The molecule has 2 atom stereocenters. The summed E-state index contributed by atoms with van der Waals surface area (Å²) in [5.74, 6) is -0.150. The van der Waals surface area contributed by atoms with Gasteiger partial charge >= 0.3 is 0 Å². The van der Waals surface area contributed by atoms with E-state index in [0.29, 0.717) is 11.6 Å². The first kappa shape index (κ1) is 23.5. The molecular weight excluding hydrogens is 580 g/mol. The van der Waals surface area contributed by atoms with E-state index in [0.717, 1.165) is 45.0 Å². The molecule has 1 fully saturated rings. The van der Waals surface area contributed by atoms with Crippen LogP contribution in [0.25, 0.3) is 6.08 Å². The van der Waals surface area contributed by atoms with E-state index in [1.807, 2.05) is 31.2 Å². The summed E-state index contributed by atoms with van der Waals surface area (Å²) in [5, 5.41) is 11.3. The molecule has 3 aromatic rings. The van der Waals surface area contributed by atoms with Crippen molar-refractivity contribution in [2.45, 2.75) is 38.8 Å². The number of hydrogen-bond donors (Lipinski definition) is 0. The van der Waals surface area contributed by atoms with E-state index in [9.17, 15) is 4.79 Å². The van der Waals surface area contributed by atoms with Crippen LogP contribution in [-0.4, -0.2) is 26.4 Å². The van der Waals surface area contributed by atoms with Crippen LogP contribution < -0.4 is 0 Å². The second-order valence-electron chi connectivity index (χ2n) is 8.53. The molecule has 0 spiro atoms. The van der Waals surface area contributed by atoms with Crippen molar-refractivity contribution in [1.29, 1.82) is 0 Å². The number of hydrogen-bond acceptors (Lipinski definition) is 3. The van der Waals surface area contributed by atoms with Crippen LogP contribution in [0.4, 0.5) is 0 Å². The van der Waals surface area contributed by atoms with Crippen LogP contribution in [0.5, 0.6) is 0 Å². The minimum atomic E-state index is -0.269. The third-order valence-electron chi connectivity index (χ3n) is 6.38. The highest BCUT2D eigenvalue weighted by Crippen LogP contribution is 2.45. The van der Waals surface area contributed by atoms with E-state index in [1.54, 1.807) is 15.9 Å². The van der Waals surface area contributed by atoms with Gasteiger partial charge in [-0.1, -0.05) is 67.7 Å². The van der Waals surface area contributed by atoms with Gasteiger partial charge in [0.25, 0.3) is 5.91 Å². The Hall–Kier alpha value is -2.22. The number of aryl methyl sites for hydroxylation is 1. The number of carbonyl (C=O) groups is 1. The van der Waals surface area contributed by atoms with Crippen molar-refractivity contribution >= 4 is 61.2 Å². The van der Waals surface area contributed by atoms with E-state index >= 15 is 0 Å². The zero-order valence-corrected chi connectivity index (χ0v) is 22.5. The Morgan fingerprint density at radius 2 is 1.79 bits per heavy atom. The van der Waals surface area contributed by atoms with Gasteiger partial charge in [0.05, 0.1) is 16.8 Å². The van der Waals surface area contributed by atoms with Crippen LogP contribution in [0.15, 0.2) is 74.3 Å². The van der Waals surface area contributed by atoms with Crippen molar-refractivity contribution in [3.63, 3.8) is 0 Å². The maximum atomic E-state index is 13.7. The van der Waals surface area contributed by atoms with Crippen LogP contribution in [0, 0.1) is 5.92 Å². The summed E-state index contributed by atoms with van der Waals surface area (Å²) in [6.07, 6.45) is 6.84. The molecule has 1 amide bonds. The summed E-state index contributed by atoms with van der Waals surface area (Å²) in [6.45, 7) is 2.60. The van der Waals surface area contributed by atoms with Gasteiger partial charge in [0, 0.05) is 27.6 Å². The molecule has 5 rings (SSSR count). The Morgan fingerprint density at radius 3 is 2.44 bits per heavy atom. The van der Waals surface area contributed by atoms with E-state index in [4.69, 9.17) is 16.7 Å². The SMILES string of the molecule is CCn1cc(Cl)c(C(=O)N2N=C3/C(=C\c4ccc(Br)cc4)CCC[C@H]3[C@@H]2c2ccc(Br)cc2)n1. The number of carbonyl (C=O) groups excluding carboxylic acids is 1. The average Bonchev–Trinajstić information content (AvgIpc) is 3.42. The van der Waals surface area contributed by atoms with Gasteiger partial charge in [-0.2, -0.15) is 10.2 Å². The second-order valence-corrected chi connectivity index (χ2v) is 10.8. The molecule has 0 N–H and O–H groups in total. The molecule has 0 saturated heterocycles. The normalized spacial score (nSPS) is 21.0. The highest BCUT2D eigenvalue weighted by Gasteiger charge is 2.44. The molecule has 174 valence electrons. The van der Waals surface area contributed by atoms with E-state index in [2.05, 4.69) is 67.3 Å². The highest BCUT2D eigenvalue weighted by atomic mass is 79.9. The quantitative estimate of drug-likeness (QED) is 0.310. The van der Waals surface area contributed by atoms with Gasteiger partial charge in [0.2, 0.25) is 0 Å². The van der Waals surface area contributed by atoms with Crippen LogP contribution in [0.2, 0.25) is 5.02 Å². The zero-order valence-electron chi connectivity index (χ0n) is 18.6. The third-order valence-corrected chi connectivity index (χ3v) is 7.71. The monoisotopic (exact) mass is 600 g/mol. The first-order valence-electron chi connectivity index (χ1n) is 11.3. The molecule has 1 aliphatic carbocycles. The van der Waals surface area contributed by atoms with Crippen molar-refractivity contribution in [3.05, 3.63) is 91.1 Å². The lowest BCUT2D eigenvalue weighted by Gasteiger charge is -2.29. The zero-order chi connectivity index (χ0) is 23.8. The van der Waals surface area contributed by atoms with Gasteiger partial charge < -0.3 is 0 Å². The number of benzene rings is 2. The number of amides is 1. The maximum Gasteiger partial charge on any atom is 0.296 e. The lowest BCUT2D eigenvalue weighted by atomic mass is 9.77. The Labute approximate surface area is 220 Å². The summed E-state index contributed by atoms with van der Waals surface area (Å²) in [5.41, 5.74) is 4.59. The molecule has 0 unspecified atom stereocenters. The number of fused-ring (bicyclic) bond motifs is 1. The molecule has 34 heavy (non-hydrogen) atoms. The Morgan fingerprint density at radius 1 is 1.12 bits per heavy atom. The molecule has 5 nitrogen and oxygen atoms in total. The van der Waals surface area contributed by atoms with Crippen LogP contribution >= 0.6 is 43.5 Å². The van der Waals surface area contributed by atoms with Gasteiger partial charge in [-0.3, -0.25) is 9.48 Å². The Bertz CT molecular complexity index is 1280. The van der Waals surface area contributed by atoms with Crippen molar-refractivity contribution in [2.24, 2.45) is 11.0 Å². The highest BCUT2D eigenvalue weighted by molar-refractivity contribution is 9.10. The molecule has 0 radical (unpaired) electrons.